The van der Waals surface area contributed by atoms with Gasteiger partial charge in [-0.05, 0) is 67.3 Å². The number of hydrogen-bond donors (Lipinski definition) is 1. The first-order valence-electron chi connectivity index (χ1n) is 6.83. The van der Waals surface area contributed by atoms with Gasteiger partial charge in [0.05, 0.1) is 0 Å². The Labute approximate surface area is 123 Å². The normalized spacial score (nSPS) is 18.4. The van der Waals surface area contributed by atoms with E-state index in [4.69, 9.17) is 0 Å². The molecule has 1 aromatic heterocycles. The SMILES string of the molecule is Cc1sc(CNCC(C)CN2CCCC2)cc1Br. The molecule has 0 spiro atoms. The highest BCUT2D eigenvalue weighted by Crippen LogP contribution is 2.26. The fraction of sp³-hybridized carbons (Fsp3) is 0.714. The van der Waals surface area contributed by atoms with Crippen LogP contribution in [0.2, 0.25) is 0 Å². The van der Waals surface area contributed by atoms with Crippen LogP contribution < -0.4 is 5.32 Å². The van der Waals surface area contributed by atoms with Crippen molar-refractivity contribution in [2.24, 2.45) is 5.92 Å². The predicted octanol–water partition coefficient (Wildman–Crippen LogP) is 3.64. The molecule has 102 valence electrons. The summed E-state index contributed by atoms with van der Waals surface area (Å²) in [5, 5.41) is 3.58. The first kappa shape index (κ1) is 14.5. The quantitative estimate of drug-likeness (QED) is 0.856. The lowest BCUT2D eigenvalue weighted by atomic mass is 10.1. The van der Waals surface area contributed by atoms with E-state index < -0.39 is 0 Å². The predicted molar refractivity (Wildman–Crippen MR) is 83.3 cm³/mol. The zero-order chi connectivity index (χ0) is 13.0. The Morgan fingerprint density at radius 3 is 2.78 bits per heavy atom. The molecule has 0 radical (unpaired) electrons. The van der Waals surface area contributed by atoms with Crippen molar-refractivity contribution >= 4 is 27.3 Å². The molecule has 0 bridgehead atoms. The maximum Gasteiger partial charge on any atom is 0.0314 e. The van der Waals surface area contributed by atoms with Gasteiger partial charge in [-0.1, -0.05) is 6.92 Å². The Bertz CT molecular complexity index is 352. The molecule has 2 nitrogen and oxygen atoms in total. The van der Waals surface area contributed by atoms with Gasteiger partial charge in [-0.2, -0.15) is 0 Å². The lowest BCUT2D eigenvalue weighted by molar-refractivity contribution is 0.283. The zero-order valence-electron chi connectivity index (χ0n) is 11.3. The molecule has 1 saturated heterocycles. The molecule has 0 saturated carbocycles. The van der Waals surface area contributed by atoms with Crippen LogP contribution in [-0.2, 0) is 6.54 Å². The van der Waals surface area contributed by atoms with E-state index in [-0.39, 0.29) is 0 Å². The summed E-state index contributed by atoms with van der Waals surface area (Å²) in [7, 11) is 0. The van der Waals surface area contributed by atoms with E-state index in [2.05, 4.69) is 46.1 Å². The fourth-order valence-electron chi connectivity index (χ4n) is 2.52. The van der Waals surface area contributed by atoms with Crippen molar-refractivity contribution in [2.45, 2.75) is 33.2 Å². The molecule has 0 aliphatic carbocycles. The third-order valence-electron chi connectivity index (χ3n) is 3.47. The minimum absolute atomic E-state index is 0.743. The number of thiophene rings is 1. The van der Waals surface area contributed by atoms with Crippen LogP contribution in [0, 0.1) is 12.8 Å². The van der Waals surface area contributed by atoms with Crippen molar-refractivity contribution in [3.8, 4) is 0 Å². The smallest absolute Gasteiger partial charge is 0.0314 e. The van der Waals surface area contributed by atoms with Gasteiger partial charge < -0.3 is 10.2 Å². The van der Waals surface area contributed by atoms with Crippen LogP contribution in [0.5, 0.6) is 0 Å². The topological polar surface area (TPSA) is 15.3 Å². The second-order valence-corrected chi connectivity index (χ2v) is 7.56. The summed E-state index contributed by atoms with van der Waals surface area (Å²) in [5.41, 5.74) is 0. The standard InChI is InChI=1S/C14H23BrN2S/c1-11(10-17-5-3-4-6-17)8-16-9-13-7-14(15)12(2)18-13/h7,11,16H,3-6,8-10H2,1-2H3. The molecule has 18 heavy (non-hydrogen) atoms. The van der Waals surface area contributed by atoms with Gasteiger partial charge in [0.1, 0.15) is 0 Å². The van der Waals surface area contributed by atoms with E-state index in [1.54, 1.807) is 0 Å². The highest BCUT2D eigenvalue weighted by molar-refractivity contribution is 9.10. The van der Waals surface area contributed by atoms with E-state index in [1.807, 2.05) is 11.3 Å². The molecular weight excluding hydrogens is 308 g/mol. The molecule has 1 aliphatic heterocycles. The lowest BCUT2D eigenvalue weighted by Crippen LogP contribution is -2.31. The van der Waals surface area contributed by atoms with Crippen LogP contribution in [0.25, 0.3) is 0 Å². The van der Waals surface area contributed by atoms with Crippen LogP contribution >= 0.6 is 27.3 Å². The van der Waals surface area contributed by atoms with Crippen LogP contribution in [0.1, 0.15) is 29.5 Å². The average Bonchev–Trinajstić information content (AvgIpc) is 2.90. The number of nitrogens with one attached hydrogen (secondary N) is 1. The summed E-state index contributed by atoms with van der Waals surface area (Å²) in [6.45, 7) is 10.5. The van der Waals surface area contributed by atoms with Gasteiger partial charge in [0.25, 0.3) is 0 Å². The van der Waals surface area contributed by atoms with Crippen LogP contribution in [0.3, 0.4) is 0 Å². The number of nitrogens with zero attached hydrogens (tertiary/aromatic N) is 1. The number of halogens is 1. The molecule has 2 rings (SSSR count). The van der Waals surface area contributed by atoms with E-state index in [1.165, 1.54) is 46.7 Å². The van der Waals surface area contributed by atoms with Crippen molar-refractivity contribution in [3.63, 3.8) is 0 Å². The highest BCUT2D eigenvalue weighted by Gasteiger charge is 2.14. The van der Waals surface area contributed by atoms with Gasteiger partial charge in [-0.25, -0.2) is 0 Å². The fourth-order valence-corrected chi connectivity index (χ4v) is 4.09. The summed E-state index contributed by atoms with van der Waals surface area (Å²) in [6, 6.07) is 2.23. The van der Waals surface area contributed by atoms with Gasteiger partial charge in [0, 0.05) is 27.3 Å². The highest BCUT2D eigenvalue weighted by atomic mass is 79.9. The maximum absolute atomic E-state index is 3.58. The Balaban J connectivity index is 1.65. The third kappa shape index (κ3) is 4.34. The molecule has 1 aliphatic rings. The van der Waals surface area contributed by atoms with Gasteiger partial charge >= 0.3 is 0 Å². The maximum atomic E-state index is 3.58. The number of hydrogen-bond acceptors (Lipinski definition) is 3. The Morgan fingerprint density at radius 1 is 1.44 bits per heavy atom. The molecule has 1 N–H and O–H groups in total. The van der Waals surface area contributed by atoms with Crippen molar-refractivity contribution in [3.05, 3.63) is 20.3 Å². The average molecular weight is 331 g/mol. The second kappa shape index (κ2) is 7.04. The Kier molecular flexibility index (Phi) is 5.67. The van der Waals surface area contributed by atoms with Crippen LogP contribution in [-0.4, -0.2) is 31.1 Å². The Hall–Kier alpha value is 0.100. The molecule has 2 heterocycles. The third-order valence-corrected chi connectivity index (χ3v) is 5.61. The molecule has 1 fully saturated rings. The van der Waals surface area contributed by atoms with E-state index in [0.717, 1.165) is 19.0 Å². The molecular formula is C14H23BrN2S. The lowest BCUT2D eigenvalue weighted by Gasteiger charge is -2.20. The monoisotopic (exact) mass is 330 g/mol. The van der Waals surface area contributed by atoms with Crippen molar-refractivity contribution < 1.29 is 0 Å². The van der Waals surface area contributed by atoms with Crippen LogP contribution in [0.4, 0.5) is 0 Å². The molecule has 1 atom stereocenters. The Morgan fingerprint density at radius 2 is 2.17 bits per heavy atom. The zero-order valence-corrected chi connectivity index (χ0v) is 13.7. The summed E-state index contributed by atoms with van der Waals surface area (Å²) in [6.07, 6.45) is 2.78. The molecule has 1 unspecified atom stereocenters. The number of likely N-dealkylation sites (tertiary alicyclic amines) is 1. The number of aryl methyl sites for hydroxylation is 1. The van der Waals surface area contributed by atoms with E-state index in [0.29, 0.717) is 0 Å². The first-order chi connectivity index (χ1) is 8.65. The molecule has 0 amide bonds. The second-order valence-electron chi connectivity index (χ2n) is 5.36. The molecule has 4 heteroatoms. The first-order valence-corrected chi connectivity index (χ1v) is 8.44. The molecule has 0 aromatic carbocycles. The van der Waals surface area contributed by atoms with E-state index >= 15 is 0 Å². The van der Waals surface area contributed by atoms with Gasteiger partial charge in [0.2, 0.25) is 0 Å². The largest absolute Gasteiger partial charge is 0.312 e. The van der Waals surface area contributed by atoms with Gasteiger partial charge in [-0.3, -0.25) is 0 Å². The van der Waals surface area contributed by atoms with Gasteiger partial charge in [-0.15, -0.1) is 11.3 Å². The summed E-state index contributed by atoms with van der Waals surface area (Å²) in [5.74, 6) is 0.743. The van der Waals surface area contributed by atoms with Crippen molar-refractivity contribution in [1.82, 2.24) is 10.2 Å². The minimum Gasteiger partial charge on any atom is -0.312 e. The van der Waals surface area contributed by atoms with Crippen molar-refractivity contribution in [2.75, 3.05) is 26.2 Å². The van der Waals surface area contributed by atoms with E-state index in [9.17, 15) is 0 Å². The van der Waals surface area contributed by atoms with Gasteiger partial charge in [0.15, 0.2) is 0 Å². The van der Waals surface area contributed by atoms with Crippen molar-refractivity contribution in [1.29, 1.82) is 0 Å². The minimum atomic E-state index is 0.743. The molecule has 1 aromatic rings. The summed E-state index contributed by atoms with van der Waals surface area (Å²) >= 11 is 5.45. The van der Waals surface area contributed by atoms with Crippen LogP contribution in [0.15, 0.2) is 10.5 Å². The summed E-state index contributed by atoms with van der Waals surface area (Å²) in [4.78, 5) is 5.39. The summed E-state index contributed by atoms with van der Waals surface area (Å²) < 4.78 is 1.24. The number of rotatable bonds is 6.